The van der Waals surface area contributed by atoms with E-state index in [2.05, 4.69) is 0 Å². The highest BCUT2D eigenvalue weighted by molar-refractivity contribution is 5.56. The molecule has 1 aromatic carbocycles. The van der Waals surface area contributed by atoms with Crippen LogP contribution in [-0.4, -0.2) is 18.0 Å². The van der Waals surface area contributed by atoms with Crippen LogP contribution in [0.3, 0.4) is 0 Å². The van der Waals surface area contributed by atoms with Gasteiger partial charge in [-0.3, -0.25) is 0 Å². The second-order valence-electron chi connectivity index (χ2n) is 3.72. The van der Waals surface area contributed by atoms with Gasteiger partial charge in [-0.1, -0.05) is 38.8 Å². The molecule has 0 spiro atoms. The van der Waals surface area contributed by atoms with E-state index >= 15 is 0 Å². The molecule has 0 radical (unpaired) electrons. The highest BCUT2D eigenvalue weighted by Gasteiger charge is 2.19. The topological polar surface area (TPSA) is 38.7 Å². The molecule has 3 nitrogen and oxygen atoms in total. The van der Waals surface area contributed by atoms with E-state index in [0.29, 0.717) is 17.1 Å². The van der Waals surface area contributed by atoms with E-state index in [1.165, 1.54) is 12.1 Å². The van der Waals surface area contributed by atoms with Crippen molar-refractivity contribution < 1.29 is 26.9 Å². The summed E-state index contributed by atoms with van der Waals surface area (Å²) in [6.45, 7) is -10.4. The van der Waals surface area contributed by atoms with Crippen LogP contribution in [0, 0.1) is 5.41 Å². The van der Waals surface area contributed by atoms with Gasteiger partial charge in [0.15, 0.2) is 11.5 Å². The lowest BCUT2D eigenvalue weighted by Gasteiger charge is -2.22. The molecule has 0 bridgehead atoms. The highest BCUT2D eigenvalue weighted by atomic mass is 16.7. The van der Waals surface area contributed by atoms with Crippen molar-refractivity contribution >= 4 is 6.08 Å². The minimum absolute atomic E-state index is 0.0470. The van der Waals surface area contributed by atoms with Gasteiger partial charge in [-0.05, 0) is 23.1 Å². The summed E-state index contributed by atoms with van der Waals surface area (Å²) in [5.74, 6) is 0.930. The van der Waals surface area contributed by atoms with Crippen LogP contribution in [0.1, 0.15) is 38.5 Å². The fourth-order valence-corrected chi connectivity index (χ4v) is 1.36. The molecule has 0 aromatic heterocycles. The van der Waals surface area contributed by atoms with Crippen molar-refractivity contribution in [3.8, 4) is 11.5 Å². The highest BCUT2D eigenvalue weighted by Crippen LogP contribution is 2.33. The summed E-state index contributed by atoms with van der Waals surface area (Å²) in [4.78, 5) is 0. The standard InChI is InChI=1S/C14H18O3/c1-14(2,3)13(15)7-5-10-4-6-11-12(8-10)17-9-16-11/h4-8,13,15H,9H2,1-3H3/i1D3,2D3,3D3. The molecule has 2 rings (SSSR count). The van der Waals surface area contributed by atoms with E-state index in [4.69, 9.17) is 21.8 Å². The largest absolute Gasteiger partial charge is 0.454 e. The quantitative estimate of drug-likeness (QED) is 0.868. The number of aliphatic hydroxyl groups is 1. The zero-order chi connectivity index (χ0) is 20.0. The Kier molecular flexibility index (Phi) is 1.30. The molecule has 0 aliphatic carbocycles. The fraction of sp³-hybridized carbons (Fsp3) is 0.429. The zero-order valence-corrected chi connectivity index (χ0v) is 8.93. The van der Waals surface area contributed by atoms with Gasteiger partial charge in [-0.2, -0.15) is 0 Å². The Morgan fingerprint density at radius 3 is 2.88 bits per heavy atom. The molecule has 17 heavy (non-hydrogen) atoms. The van der Waals surface area contributed by atoms with Crippen LogP contribution in [0.15, 0.2) is 24.3 Å². The molecule has 0 fully saturated rings. The molecule has 1 aromatic rings. The van der Waals surface area contributed by atoms with Crippen LogP contribution < -0.4 is 9.47 Å². The lowest BCUT2D eigenvalue weighted by molar-refractivity contribution is 0.106. The first-order valence-corrected chi connectivity index (χ1v) is 4.98. The van der Waals surface area contributed by atoms with Crippen molar-refractivity contribution in [2.24, 2.45) is 5.41 Å². The molecule has 1 unspecified atom stereocenters. The molecule has 0 amide bonds. The van der Waals surface area contributed by atoms with Gasteiger partial charge in [0.1, 0.15) is 0 Å². The van der Waals surface area contributed by atoms with E-state index in [1.54, 1.807) is 12.1 Å². The molecular formula is C14H18O3. The third kappa shape index (κ3) is 2.80. The van der Waals surface area contributed by atoms with Crippen LogP contribution in [0.25, 0.3) is 6.08 Å². The van der Waals surface area contributed by atoms with Gasteiger partial charge in [-0.25, -0.2) is 0 Å². The third-order valence-corrected chi connectivity index (χ3v) is 2.31. The SMILES string of the molecule is [2H]C([2H])([2H])C(C(O)C=Cc1ccc2c(c1)OCO2)(C([2H])([2H])[2H])C([2H])([2H])[2H]. The maximum absolute atomic E-state index is 10.4. The Labute approximate surface area is 114 Å². The van der Waals surface area contributed by atoms with Crippen LogP contribution >= 0.6 is 0 Å². The van der Waals surface area contributed by atoms with E-state index in [0.717, 1.165) is 6.08 Å². The van der Waals surface area contributed by atoms with Gasteiger partial charge < -0.3 is 14.6 Å². The first-order valence-electron chi connectivity index (χ1n) is 9.48. The van der Waals surface area contributed by atoms with Crippen molar-refractivity contribution in [3.63, 3.8) is 0 Å². The molecule has 1 aliphatic heterocycles. The Morgan fingerprint density at radius 2 is 2.12 bits per heavy atom. The van der Waals surface area contributed by atoms with E-state index in [9.17, 15) is 5.11 Å². The average molecular weight is 243 g/mol. The van der Waals surface area contributed by atoms with Crippen molar-refractivity contribution in [2.75, 3.05) is 6.79 Å². The Balaban J connectivity index is 2.46. The Hall–Kier alpha value is -1.48. The number of benzene rings is 1. The van der Waals surface area contributed by atoms with Gasteiger partial charge in [-0.15, -0.1) is 0 Å². The molecular weight excluding hydrogens is 216 g/mol. The first-order chi connectivity index (χ1) is 11.7. The lowest BCUT2D eigenvalue weighted by Crippen LogP contribution is -2.23. The number of hydrogen-bond donors (Lipinski definition) is 1. The summed E-state index contributed by atoms with van der Waals surface area (Å²) in [7, 11) is 0. The van der Waals surface area contributed by atoms with Gasteiger partial charge in [0.2, 0.25) is 6.79 Å². The summed E-state index contributed by atoms with van der Waals surface area (Å²) in [5.41, 5.74) is -2.89. The summed E-state index contributed by atoms with van der Waals surface area (Å²) in [6, 6.07) is 4.69. The molecule has 3 heteroatoms. The van der Waals surface area contributed by atoms with Gasteiger partial charge >= 0.3 is 0 Å². The van der Waals surface area contributed by atoms with Gasteiger partial charge in [0, 0.05) is 12.3 Å². The second-order valence-corrected chi connectivity index (χ2v) is 3.72. The summed E-state index contributed by atoms with van der Waals surface area (Å²) >= 11 is 0. The summed E-state index contributed by atoms with van der Waals surface area (Å²) < 4.78 is 78.2. The molecule has 0 saturated carbocycles. The predicted molar refractivity (Wildman–Crippen MR) is 67.1 cm³/mol. The molecule has 1 atom stereocenters. The molecule has 1 aliphatic rings. The fourth-order valence-electron chi connectivity index (χ4n) is 1.36. The van der Waals surface area contributed by atoms with Crippen molar-refractivity contribution in [1.82, 2.24) is 0 Å². The number of ether oxygens (including phenoxy) is 2. The number of aliphatic hydroxyl groups excluding tert-OH is 1. The monoisotopic (exact) mass is 243 g/mol. The van der Waals surface area contributed by atoms with Crippen LogP contribution in [-0.2, 0) is 0 Å². The minimum Gasteiger partial charge on any atom is -0.454 e. The molecule has 92 valence electrons. The van der Waals surface area contributed by atoms with Crippen LogP contribution in [0.5, 0.6) is 11.5 Å². The first kappa shape index (κ1) is 5.02. The normalized spacial score (nSPS) is 26.5. The van der Waals surface area contributed by atoms with Crippen molar-refractivity contribution in [1.29, 1.82) is 0 Å². The van der Waals surface area contributed by atoms with E-state index < -0.39 is 32.1 Å². The van der Waals surface area contributed by atoms with Gasteiger partial charge in [0.25, 0.3) is 0 Å². The maximum Gasteiger partial charge on any atom is 0.231 e. The molecule has 0 saturated heterocycles. The Bertz CT molecular complexity index is 652. The lowest BCUT2D eigenvalue weighted by atomic mass is 9.89. The summed E-state index contributed by atoms with van der Waals surface area (Å²) in [6.07, 6.45) is -0.173. The average Bonchev–Trinajstić information content (AvgIpc) is 2.88. The minimum atomic E-state index is -3.47. The summed E-state index contributed by atoms with van der Waals surface area (Å²) in [5, 5.41) is 10.4. The smallest absolute Gasteiger partial charge is 0.231 e. The van der Waals surface area contributed by atoms with Gasteiger partial charge in [0.05, 0.1) is 6.10 Å². The number of fused-ring (bicyclic) bond motifs is 1. The second kappa shape index (κ2) is 4.41. The zero-order valence-electron chi connectivity index (χ0n) is 17.9. The van der Waals surface area contributed by atoms with Crippen molar-refractivity contribution in [2.45, 2.75) is 26.7 Å². The van der Waals surface area contributed by atoms with Crippen molar-refractivity contribution in [3.05, 3.63) is 29.8 Å². The van der Waals surface area contributed by atoms with E-state index in [1.807, 2.05) is 0 Å². The maximum atomic E-state index is 10.4. The predicted octanol–water partition coefficient (Wildman–Crippen LogP) is 2.84. The third-order valence-electron chi connectivity index (χ3n) is 2.31. The van der Waals surface area contributed by atoms with E-state index in [-0.39, 0.29) is 6.79 Å². The van der Waals surface area contributed by atoms with Crippen LogP contribution in [0.4, 0.5) is 0 Å². The number of hydrogen-bond acceptors (Lipinski definition) is 3. The van der Waals surface area contributed by atoms with Crippen LogP contribution in [0.2, 0.25) is 0 Å². The Morgan fingerprint density at radius 1 is 1.35 bits per heavy atom. The molecule has 1 heterocycles. The molecule has 1 N–H and O–H groups in total. The number of rotatable bonds is 2.